The summed E-state index contributed by atoms with van der Waals surface area (Å²) in [5, 5.41) is 0.868. The quantitative estimate of drug-likeness (QED) is 0.702. The maximum absolute atomic E-state index is 13.2. The minimum absolute atomic E-state index is 0.326. The Labute approximate surface area is 134 Å². The molecule has 0 amide bonds. The highest BCUT2D eigenvalue weighted by Gasteiger charge is 2.16. The Balaban J connectivity index is 1.90. The topological polar surface area (TPSA) is 37.9 Å². The van der Waals surface area contributed by atoms with Gasteiger partial charge in [-0.25, -0.2) is 13.8 Å². The van der Waals surface area contributed by atoms with Crippen LogP contribution in [0.1, 0.15) is 18.9 Å². The van der Waals surface area contributed by atoms with E-state index in [0.29, 0.717) is 32.7 Å². The number of ether oxygens (including phenoxy) is 1. The molecule has 7 heteroatoms. The van der Waals surface area contributed by atoms with Gasteiger partial charge < -0.3 is 9.72 Å². The van der Waals surface area contributed by atoms with Crippen molar-refractivity contribution in [1.82, 2.24) is 9.97 Å². The molecular formula is C15H10Cl2F2N2O. The van der Waals surface area contributed by atoms with Crippen LogP contribution >= 0.6 is 23.2 Å². The smallest absolute Gasteiger partial charge is 0.161 e. The fraction of sp³-hybridized carbons (Fsp3) is 0.133. The van der Waals surface area contributed by atoms with Crippen molar-refractivity contribution in [2.75, 3.05) is 0 Å². The van der Waals surface area contributed by atoms with Crippen molar-refractivity contribution in [3.05, 3.63) is 57.8 Å². The molecule has 0 spiro atoms. The predicted octanol–water partition coefficient (Wildman–Crippen LogP) is 5.29. The van der Waals surface area contributed by atoms with Crippen LogP contribution in [0.5, 0.6) is 5.75 Å². The molecule has 0 radical (unpaired) electrons. The van der Waals surface area contributed by atoms with Crippen molar-refractivity contribution < 1.29 is 13.5 Å². The number of halogens is 4. The number of nitrogens with zero attached hydrogens (tertiary/aromatic N) is 1. The summed E-state index contributed by atoms with van der Waals surface area (Å²) in [5.74, 6) is -1.00. The minimum atomic E-state index is -0.945. The minimum Gasteiger partial charge on any atom is -0.481 e. The summed E-state index contributed by atoms with van der Waals surface area (Å²) in [6.07, 6.45) is -0.489. The maximum atomic E-state index is 13.2. The molecule has 1 aromatic heterocycles. The number of nitrogens with one attached hydrogen (secondary N) is 1. The summed E-state index contributed by atoms with van der Waals surface area (Å²) >= 11 is 11.9. The SMILES string of the molecule is CC(Oc1ccc(Cl)cc1Cl)c1nc2cc(F)c(F)cc2[nH]1. The van der Waals surface area contributed by atoms with Crippen LogP contribution in [0, 0.1) is 11.6 Å². The zero-order valence-corrected chi connectivity index (χ0v) is 12.8. The molecule has 3 nitrogen and oxygen atoms in total. The second-order valence-electron chi connectivity index (χ2n) is 4.74. The number of fused-ring (bicyclic) bond motifs is 1. The molecule has 0 saturated carbocycles. The van der Waals surface area contributed by atoms with Crippen LogP contribution in [-0.4, -0.2) is 9.97 Å². The van der Waals surface area contributed by atoms with Gasteiger partial charge in [-0.1, -0.05) is 23.2 Å². The zero-order valence-electron chi connectivity index (χ0n) is 11.3. The predicted molar refractivity (Wildman–Crippen MR) is 81.5 cm³/mol. The third-order valence-corrected chi connectivity index (χ3v) is 3.66. The average Bonchev–Trinajstić information content (AvgIpc) is 2.85. The van der Waals surface area contributed by atoms with E-state index in [0.717, 1.165) is 12.1 Å². The fourth-order valence-corrected chi connectivity index (χ4v) is 2.49. The van der Waals surface area contributed by atoms with E-state index in [1.165, 1.54) is 0 Å². The molecule has 2 aromatic carbocycles. The molecule has 22 heavy (non-hydrogen) atoms. The van der Waals surface area contributed by atoms with E-state index < -0.39 is 17.7 Å². The molecule has 0 aliphatic heterocycles. The summed E-state index contributed by atoms with van der Waals surface area (Å²) in [7, 11) is 0. The Bertz CT molecular complexity index is 812. The normalized spacial score (nSPS) is 12.6. The van der Waals surface area contributed by atoms with Crippen LogP contribution in [0.15, 0.2) is 30.3 Å². The third kappa shape index (κ3) is 2.87. The molecule has 0 saturated heterocycles. The lowest BCUT2D eigenvalue weighted by molar-refractivity contribution is 0.218. The van der Waals surface area contributed by atoms with Crippen LogP contribution in [0.25, 0.3) is 11.0 Å². The van der Waals surface area contributed by atoms with E-state index in [1.807, 2.05) is 0 Å². The third-order valence-electron chi connectivity index (χ3n) is 3.12. The van der Waals surface area contributed by atoms with Gasteiger partial charge in [0.1, 0.15) is 11.6 Å². The van der Waals surface area contributed by atoms with E-state index in [4.69, 9.17) is 27.9 Å². The summed E-state index contributed by atoms with van der Waals surface area (Å²) in [4.78, 5) is 7.10. The van der Waals surface area contributed by atoms with E-state index in [1.54, 1.807) is 25.1 Å². The Morgan fingerprint density at radius 3 is 2.59 bits per heavy atom. The van der Waals surface area contributed by atoms with Crippen LogP contribution in [0.3, 0.4) is 0 Å². The lowest BCUT2D eigenvalue weighted by Crippen LogP contribution is -2.05. The van der Waals surface area contributed by atoms with Crippen LogP contribution in [-0.2, 0) is 0 Å². The first kappa shape index (κ1) is 15.1. The first-order chi connectivity index (χ1) is 10.4. The lowest BCUT2D eigenvalue weighted by Gasteiger charge is -2.13. The van der Waals surface area contributed by atoms with E-state index >= 15 is 0 Å². The van der Waals surface area contributed by atoms with Crippen LogP contribution < -0.4 is 4.74 Å². The summed E-state index contributed by atoms with van der Waals surface area (Å²) < 4.78 is 32.1. The first-order valence-electron chi connectivity index (χ1n) is 6.40. The van der Waals surface area contributed by atoms with Crippen molar-refractivity contribution >= 4 is 34.2 Å². The molecule has 1 atom stereocenters. The van der Waals surface area contributed by atoms with Crippen molar-refractivity contribution in [2.24, 2.45) is 0 Å². The Morgan fingerprint density at radius 2 is 1.86 bits per heavy atom. The molecule has 3 rings (SSSR count). The Morgan fingerprint density at radius 1 is 1.14 bits per heavy atom. The zero-order chi connectivity index (χ0) is 15.9. The highest BCUT2D eigenvalue weighted by Crippen LogP contribution is 2.31. The molecule has 1 N–H and O–H groups in total. The number of rotatable bonds is 3. The van der Waals surface area contributed by atoms with Crippen molar-refractivity contribution in [3.8, 4) is 5.75 Å². The first-order valence-corrected chi connectivity index (χ1v) is 7.16. The summed E-state index contributed by atoms with van der Waals surface area (Å²) in [6.45, 7) is 1.75. The van der Waals surface area contributed by atoms with Gasteiger partial charge >= 0.3 is 0 Å². The van der Waals surface area contributed by atoms with E-state index in [2.05, 4.69) is 9.97 Å². The average molecular weight is 343 g/mol. The molecule has 1 heterocycles. The fourth-order valence-electron chi connectivity index (χ4n) is 2.03. The molecule has 114 valence electrons. The second-order valence-corrected chi connectivity index (χ2v) is 5.58. The number of benzene rings is 2. The monoisotopic (exact) mass is 342 g/mol. The van der Waals surface area contributed by atoms with Crippen LogP contribution in [0.2, 0.25) is 10.0 Å². The van der Waals surface area contributed by atoms with Gasteiger partial charge in [-0.15, -0.1) is 0 Å². The number of H-pyrrole nitrogens is 1. The maximum Gasteiger partial charge on any atom is 0.161 e. The number of aromatic nitrogens is 2. The summed E-state index contributed by atoms with van der Waals surface area (Å²) in [5.41, 5.74) is 0.720. The van der Waals surface area contributed by atoms with Gasteiger partial charge in [-0.2, -0.15) is 0 Å². The number of hydrogen-bond acceptors (Lipinski definition) is 2. The van der Waals surface area contributed by atoms with Gasteiger partial charge in [0.05, 0.1) is 16.1 Å². The molecule has 0 fully saturated rings. The molecule has 3 aromatic rings. The number of hydrogen-bond donors (Lipinski definition) is 1. The summed E-state index contributed by atoms with van der Waals surface area (Å²) in [6, 6.07) is 6.95. The Kier molecular flexibility index (Phi) is 3.93. The lowest BCUT2D eigenvalue weighted by atomic mass is 10.3. The molecule has 0 aliphatic rings. The van der Waals surface area contributed by atoms with E-state index in [-0.39, 0.29) is 0 Å². The molecule has 0 aliphatic carbocycles. The van der Waals surface area contributed by atoms with E-state index in [9.17, 15) is 8.78 Å². The molecule has 1 unspecified atom stereocenters. The van der Waals surface area contributed by atoms with Gasteiger partial charge in [-0.05, 0) is 25.1 Å². The van der Waals surface area contributed by atoms with Crippen LogP contribution in [0.4, 0.5) is 8.78 Å². The highest BCUT2D eigenvalue weighted by molar-refractivity contribution is 6.35. The second kappa shape index (κ2) is 5.74. The Hall–Kier alpha value is -1.85. The number of imidazole rings is 1. The van der Waals surface area contributed by atoms with Gasteiger partial charge in [0, 0.05) is 17.2 Å². The van der Waals surface area contributed by atoms with Gasteiger partial charge in [-0.3, -0.25) is 0 Å². The largest absolute Gasteiger partial charge is 0.481 e. The standard InChI is InChI=1S/C15H10Cl2F2N2O/c1-7(22-14-3-2-8(16)4-9(14)17)15-20-12-5-10(18)11(19)6-13(12)21-15/h2-7H,1H3,(H,20,21). The highest BCUT2D eigenvalue weighted by atomic mass is 35.5. The van der Waals surface area contributed by atoms with Crippen molar-refractivity contribution in [2.45, 2.75) is 13.0 Å². The van der Waals surface area contributed by atoms with Gasteiger partial charge in [0.25, 0.3) is 0 Å². The van der Waals surface area contributed by atoms with Gasteiger partial charge in [0.15, 0.2) is 17.7 Å². The molecular weight excluding hydrogens is 333 g/mol. The molecule has 0 bridgehead atoms. The number of aromatic amines is 1. The van der Waals surface area contributed by atoms with Gasteiger partial charge in [0.2, 0.25) is 0 Å². The van der Waals surface area contributed by atoms with Crippen molar-refractivity contribution in [3.63, 3.8) is 0 Å². The van der Waals surface area contributed by atoms with Crippen molar-refractivity contribution in [1.29, 1.82) is 0 Å².